The summed E-state index contributed by atoms with van der Waals surface area (Å²) in [5.41, 5.74) is 7.09. The minimum absolute atomic E-state index is 0.134. The number of fused-ring (bicyclic) bond motifs is 1. The molecular weight excluding hydrogens is 340 g/mol. The fraction of sp³-hybridized carbons (Fsp3) is 0.211. The van der Waals surface area contributed by atoms with Crippen molar-refractivity contribution in [2.75, 3.05) is 6.54 Å². The lowest BCUT2D eigenvalue weighted by molar-refractivity contribution is -0.199. The Balaban J connectivity index is 1.83. The summed E-state index contributed by atoms with van der Waals surface area (Å²) in [6, 6.07) is 11.2. The zero-order chi connectivity index (χ0) is 17.6. The molecule has 2 aromatic carbocycles. The monoisotopic (exact) mass is 358 g/mol. The van der Waals surface area contributed by atoms with Gasteiger partial charge in [0, 0.05) is 6.04 Å². The van der Waals surface area contributed by atoms with E-state index in [0.717, 1.165) is 16.3 Å². The number of carbonyl (C=O) groups excluding carboxylic acids is 1. The highest BCUT2D eigenvalue weighted by Crippen LogP contribution is 2.26. The van der Waals surface area contributed by atoms with Crippen LogP contribution in [0.4, 0.5) is 0 Å². The van der Waals surface area contributed by atoms with Crippen molar-refractivity contribution < 1.29 is 14.6 Å². The highest BCUT2D eigenvalue weighted by atomic mass is 35.5. The van der Waals surface area contributed by atoms with E-state index in [2.05, 4.69) is 10.2 Å². The third kappa shape index (κ3) is 4.13. The van der Waals surface area contributed by atoms with Crippen LogP contribution in [0.5, 0.6) is 0 Å². The second-order valence-corrected chi connectivity index (χ2v) is 6.19. The minimum atomic E-state index is -0.210. The largest absolute Gasteiger partial charge is 0.349 e. The van der Waals surface area contributed by atoms with Crippen LogP contribution in [-0.4, -0.2) is 18.5 Å². The standard InChI is InChI=1S/C19H19ClN2O3/c20-17-6-5-14-3-1-2-4-16(14)18(17)19(23)22-15(7-9-21)11-13-8-10-24-25-12-13/h1-6,8,10,12,15H,7,9,11,21H2,(H,22,23). The van der Waals surface area contributed by atoms with E-state index < -0.39 is 0 Å². The molecule has 3 rings (SSSR count). The van der Waals surface area contributed by atoms with Crippen LogP contribution in [0.1, 0.15) is 23.2 Å². The molecule has 1 amide bonds. The van der Waals surface area contributed by atoms with Crippen LogP contribution in [0.2, 0.25) is 5.02 Å². The van der Waals surface area contributed by atoms with Gasteiger partial charge in [0.15, 0.2) is 0 Å². The van der Waals surface area contributed by atoms with Gasteiger partial charge in [-0.1, -0.05) is 41.9 Å². The number of hydrogen-bond acceptors (Lipinski definition) is 4. The predicted octanol–water partition coefficient (Wildman–Crippen LogP) is 3.69. The summed E-state index contributed by atoms with van der Waals surface area (Å²) < 4.78 is 0. The van der Waals surface area contributed by atoms with Crippen LogP contribution in [-0.2, 0) is 9.78 Å². The Kier molecular flexibility index (Phi) is 5.58. The maximum atomic E-state index is 12.9. The van der Waals surface area contributed by atoms with Gasteiger partial charge in [-0.25, -0.2) is 0 Å². The zero-order valence-corrected chi connectivity index (χ0v) is 14.3. The molecular formula is C19H19ClN2O3. The first-order valence-electron chi connectivity index (χ1n) is 8.05. The van der Waals surface area contributed by atoms with Crippen molar-refractivity contribution in [3.05, 3.63) is 71.2 Å². The van der Waals surface area contributed by atoms with Crippen LogP contribution < -0.4 is 11.1 Å². The number of rotatable bonds is 6. The van der Waals surface area contributed by atoms with E-state index >= 15 is 0 Å². The molecule has 2 aromatic rings. The average molecular weight is 359 g/mol. The Hall–Kier alpha value is -2.50. The molecule has 0 saturated heterocycles. The molecule has 0 aromatic heterocycles. The SMILES string of the molecule is NCCC(CC1=COOC=C1)NC(=O)c1c(Cl)ccc2ccccc12. The van der Waals surface area contributed by atoms with Crippen molar-refractivity contribution in [3.8, 4) is 0 Å². The first kappa shape index (κ1) is 17.3. The molecule has 0 bridgehead atoms. The minimum Gasteiger partial charge on any atom is -0.349 e. The van der Waals surface area contributed by atoms with Crippen molar-refractivity contribution >= 4 is 28.3 Å². The third-order valence-corrected chi connectivity index (χ3v) is 4.35. The average Bonchev–Trinajstić information content (AvgIpc) is 2.62. The fourth-order valence-electron chi connectivity index (χ4n) is 2.84. The van der Waals surface area contributed by atoms with Crippen molar-refractivity contribution in [3.63, 3.8) is 0 Å². The molecule has 0 fully saturated rings. The first-order valence-corrected chi connectivity index (χ1v) is 8.42. The molecule has 6 heteroatoms. The summed E-state index contributed by atoms with van der Waals surface area (Å²) in [4.78, 5) is 22.4. The number of nitrogens with two attached hydrogens (primary N) is 1. The Labute approximate surface area is 151 Å². The van der Waals surface area contributed by atoms with Crippen molar-refractivity contribution in [1.82, 2.24) is 5.32 Å². The summed E-state index contributed by atoms with van der Waals surface area (Å²) in [5, 5.41) is 5.26. The number of hydrogen-bond donors (Lipinski definition) is 2. The lowest BCUT2D eigenvalue weighted by atomic mass is 10.0. The second kappa shape index (κ2) is 8.05. The van der Waals surface area contributed by atoms with Crippen LogP contribution in [0.25, 0.3) is 10.8 Å². The molecule has 0 spiro atoms. The number of nitrogens with one attached hydrogen (secondary N) is 1. The molecule has 1 aliphatic rings. The van der Waals surface area contributed by atoms with Crippen molar-refractivity contribution in [2.24, 2.45) is 5.73 Å². The second-order valence-electron chi connectivity index (χ2n) is 5.78. The first-order chi connectivity index (χ1) is 12.2. The molecule has 1 atom stereocenters. The summed E-state index contributed by atoms with van der Waals surface area (Å²) in [5.74, 6) is -0.210. The van der Waals surface area contributed by atoms with E-state index in [0.29, 0.717) is 30.0 Å². The number of carbonyl (C=O) groups is 1. The van der Waals surface area contributed by atoms with E-state index in [4.69, 9.17) is 22.2 Å². The number of benzene rings is 2. The van der Waals surface area contributed by atoms with Crippen LogP contribution in [0.3, 0.4) is 0 Å². The topological polar surface area (TPSA) is 73.6 Å². The van der Waals surface area contributed by atoms with Crippen LogP contribution in [0.15, 0.2) is 60.6 Å². The third-order valence-electron chi connectivity index (χ3n) is 4.03. The van der Waals surface area contributed by atoms with Gasteiger partial charge in [0.1, 0.15) is 12.5 Å². The molecule has 1 heterocycles. The van der Waals surface area contributed by atoms with Crippen molar-refractivity contribution in [1.29, 1.82) is 0 Å². The number of amides is 1. The van der Waals surface area contributed by atoms with Gasteiger partial charge in [-0.3, -0.25) is 14.6 Å². The summed E-state index contributed by atoms with van der Waals surface area (Å²) >= 11 is 6.31. The molecule has 0 radical (unpaired) electrons. The Morgan fingerprint density at radius 2 is 2.04 bits per heavy atom. The normalized spacial score (nSPS) is 14.4. The Morgan fingerprint density at radius 3 is 2.80 bits per heavy atom. The molecule has 5 nitrogen and oxygen atoms in total. The molecule has 130 valence electrons. The van der Waals surface area contributed by atoms with Crippen molar-refractivity contribution in [2.45, 2.75) is 18.9 Å². The van der Waals surface area contributed by atoms with Gasteiger partial charge in [0.25, 0.3) is 5.91 Å². The van der Waals surface area contributed by atoms with Gasteiger partial charge >= 0.3 is 0 Å². The highest BCUT2D eigenvalue weighted by Gasteiger charge is 2.19. The van der Waals surface area contributed by atoms with Gasteiger partial charge in [0.2, 0.25) is 0 Å². The Morgan fingerprint density at radius 1 is 1.20 bits per heavy atom. The molecule has 3 N–H and O–H groups in total. The lowest BCUT2D eigenvalue weighted by Crippen LogP contribution is -2.37. The summed E-state index contributed by atoms with van der Waals surface area (Å²) in [6.07, 6.45) is 5.99. The van der Waals surface area contributed by atoms with E-state index in [1.807, 2.05) is 30.3 Å². The molecule has 25 heavy (non-hydrogen) atoms. The molecule has 0 saturated carbocycles. The fourth-order valence-corrected chi connectivity index (χ4v) is 3.09. The number of allylic oxidation sites excluding steroid dienone is 1. The Bertz CT molecular complexity index is 833. The van der Waals surface area contributed by atoms with Gasteiger partial charge < -0.3 is 11.1 Å². The van der Waals surface area contributed by atoms with Gasteiger partial charge in [-0.05, 0) is 47.9 Å². The zero-order valence-electron chi connectivity index (χ0n) is 13.6. The van der Waals surface area contributed by atoms with E-state index in [1.165, 1.54) is 12.5 Å². The summed E-state index contributed by atoms with van der Waals surface area (Å²) in [6.45, 7) is 0.461. The number of halogens is 1. The van der Waals surface area contributed by atoms with Crippen LogP contribution in [0, 0.1) is 0 Å². The molecule has 1 aliphatic heterocycles. The van der Waals surface area contributed by atoms with E-state index in [1.54, 1.807) is 12.1 Å². The predicted molar refractivity (Wildman–Crippen MR) is 97.9 cm³/mol. The van der Waals surface area contributed by atoms with Crippen LogP contribution >= 0.6 is 11.6 Å². The summed E-state index contributed by atoms with van der Waals surface area (Å²) in [7, 11) is 0. The van der Waals surface area contributed by atoms with Gasteiger partial charge in [0.05, 0.1) is 10.6 Å². The maximum Gasteiger partial charge on any atom is 0.253 e. The molecule has 1 unspecified atom stereocenters. The lowest BCUT2D eigenvalue weighted by Gasteiger charge is -2.20. The smallest absolute Gasteiger partial charge is 0.253 e. The molecule has 0 aliphatic carbocycles. The maximum absolute atomic E-state index is 12.9. The van der Waals surface area contributed by atoms with Gasteiger partial charge in [-0.2, -0.15) is 0 Å². The van der Waals surface area contributed by atoms with E-state index in [9.17, 15) is 4.79 Å². The van der Waals surface area contributed by atoms with E-state index in [-0.39, 0.29) is 11.9 Å². The van der Waals surface area contributed by atoms with Gasteiger partial charge in [-0.15, -0.1) is 0 Å². The quantitative estimate of drug-likeness (QED) is 0.772. The highest BCUT2D eigenvalue weighted by molar-refractivity contribution is 6.35.